The Bertz CT molecular complexity index is 689. The zero-order chi connectivity index (χ0) is 16.4. The Morgan fingerprint density at radius 3 is 2.83 bits per heavy atom. The van der Waals surface area contributed by atoms with Gasteiger partial charge in [-0.15, -0.1) is 0 Å². The molecular weight excluding hydrogens is 296 g/mol. The lowest BCUT2D eigenvalue weighted by atomic mass is 9.98. The van der Waals surface area contributed by atoms with E-state index >= 15 is 0 Å². The van der Waals surface area contributed by atoms with Crippen LogP contribution in [0.15, 0.2) is 23.3 Å². The van der Waals surface area contributed by atoms with Crippen molar-refractivity contribution in [1.82, 2.24) is 5.01 Å². The Labute approximate surface area is 134 Å². The molecule has 7 heteroatoms. The second kappa shape index (κ2) is 6.36. The van der Waals surface area contributed by atoms with Crippen LogP contribution in [0.2, 0.25) is 0 Å². The van der Waals surface area contributed by atoms with Crippen molar-refractivity contribution < 1.29 is 14.6 Å². The van der Waals surface area contributed by atoms with Crippen molar-refractivity contribution in [3.05, 3.63) is 29.3 Å². The molecule has 120 valence electrons. The van der Waals surface area contributed by atoms with Crippen molar-refractivity contribution in [2.45, 2.75) is 12.5 Å². The lowest BCUT2D eigenvalue weighted by Gasteiger charge is -2.30. The fourth-order valence-corrected chi connectivity index (χ4v) is 2.79. The first-order valence-corrected chi connectivity index (χ1v) is 7.50. The summed E-state index contributed by atoms with van der Waals surface area (Å²) in [5.74, 6) is -0.230. The predicted octanol–water partition coefficient (Wildman–Crippen LogP) is 0.322. The lowest BCUT2D eigenvalue weighted by Crippen LogP contribution is -2.38. The second-order valence-electron chi connectivity index (χ2n) is 5.57. The number of aliphatic hydroxyl groups excluding tert-OH is 1. The number of hydrogen-bond donors (Lipinski definition) is 1. The quantitative estimate of drug-likeness (QED) is 0.849. The Kier molecular flexibility index (Phi) is 4.28. The van der Waals surface area contributed by atoms with Crippen LogP contribution in [-0.4, -0.2) is 61.2 Å². The molecule has 0 bridgehead atoms. The fraction of sp³-hybridized carbons (Fsp3) is 0.438. The van der Waals surface area contributed by atoms with Gasteiger partial charge in [-0.3, -0.25) is 4.79 Å². The summed E-state index contributed by atoms with van der Waals surface area (Å²) in [5, 5.41) is 24.9. The van der Waals surface area contributed by atoms with Gasteiger partial charge in [0.15, 0.2) is 0 Å². The number of carbonyl (C=O) groups excluding carboxylic acids is 1. The van der Waals surface area contributed by atoms with E-state index in [1.807, 2.05) is 12.1 Å². The van der Waals surface area contributed by atoms with Gasteiger partial charge in [0.1, 0.15) is 12.2 Å². The first-order valence-electron chi connectivity index (χ1n) is 7.50. The molecule has 1 aromatic rings. The standard InChI is InChI=1S/C16H18N4O3/c1-19-15(22)9-14(21)16(18-19)11-2-3-13(12(8-11)10-17)20-4-6-23-7-5-20/h2-3,8,14,21H,4-7,9H2,1H3. The molecule has 23 heavy (non-hydrogen) atoms. The average molecular weight is 314 g/mol. The van der Waals surface area contributed by atoms with Gasteiger partial charge in [0.25, 0.3) is 0 Å². The molecule has 0 aliphatic carbocycles. The van der Waals surface area contributed by atoms with E-state index in [4.69, 9.17) is 4.74 Å². The highest BCUT2D eigenvalue weighted by atomic mass is 16.5. The van der Waals surface area contributed by atoms with Crippen molar-refractivity contribution in [3.63, 3.8) is 0 Å². The van der Waals surface area contributed by atoms with Crippen LogP contribution < -0.4 is 4.90 Å². The van der Waals surface area contributed by atoms with E-state index in [9.17, 15) is 15.2 Å². The van der Waals surface area contributed by atoms with Gasteiger partial charge in [-0.2, -0.15) is 10.4 Å². The molecule has 1 unspecified atom stereocenters. The molecule has 1 N–H and O–H groups in total. The third-order valence-electron chi connectivity index (χ3n) is 4.07. The fourth-order valence-electron chi connectivity index (χ4n) is 2.79. The van der Waals surface area contributed by atoms with Crippen LogP contribution in [0.4, 0.5) is 5.69 Å². The SMILES string of the molecule is CN1N=C(c2ccc(N3CCOCC3)c(C#N)c2)C(O)CC1=O. The molecule has 1 aromatic carbocycles. The third kappa shape index (κ3) is 3.04. The van der Waals surface area contributed by atoms with E-state index in [0.717, 1.165) is 18.8 Å². The van der Waals surface area contributed by atoms with Crippen molar-refractivity contribution in [1.29, 1.82) is 5.26 Å². The summed E-state index contributed by atoms with van der Waals surface area (Å²) in [6, 6.07) is 7.62. The van der Waals surface area contributed by atoms with Crippen molar-refractivity contribution >= 4 is 17.3 Å². The number of nitrogens with zero attached hydrogens (tertiary/aromatic N) is 4. The van der Waals surface area contributed by atoms with Gasteiger partial charge in [-0.25, -0.2) is 5.01 Å². The minimum Gasteiger partial charge on any atom is -0.386 e. The molecule has 2 aliphatic rings. The van der Waals surface area contributed by atoms with Gasteiger partial charge in [0.05, 0.1) is 36.6 Å². The maximum Gasteiger partial charge on any atom is 0.245 e. The second-order valence-corrected chi connectivity index (χ2v) is 5.57. The number of amides is 1. The number of morpholine rings is 1. The molecule has 1 fully saturated rings. The van der Waals surface area contributed by atoms with E-state index in [-0.39, 0.29) is 12.3 Å². The zero-order valence-corrected chi connectivity index (χ0v) is 12.9. The van der Waals surface area contributed by atoms with Crippen LogP contribution in [0.1, 0.15) is 17.5 Å². The molecular formula is C16H18N4O3. The van der Waals surface area contributed by atoms with Crippen LogP contribution in [-0.2, 0) is 9.53 Å². The van der Waals surface area contributed by atoms with Gasteiger partial charge in [-0.05, 0) is 12.1 Å². The van der Waals surface area contributed by atoms with Crippen LogP contribution in [0.3, 0.4) is 0 Å². The first-order chi connectivity index (χ1) is 11.1. The molecule has 2 aliphatic heterocycles. The summed E-state index contributed by atoms with van der Waals surface area (Å²) in [6.07, 6.45) is -0.943. The Morgan fingerprint density at radius 2 is 2.13 bits per heavy atom. The summed E-state index contributed by atoms with van der Waals surface area (Å²) < 4.78 is 5.34. The Balaban J connectivity index is 1.94. The number of carbonyl (C=O) groups is 1. The van der Waals surface area contributed by atoms with E-state index in [1.165, 1.54) is 5.01 Å². The summed E-state index contributed by atoms with van der Waals surface area (Å²) in [6.45, 7) is 2.78. The number of anilines is 1. The summed E-state index contributed by atoms with van der Waals surface area (Å²) in [5.41, 5.74) is 2.45. The summed E-state index contributed by atoms with van der Waals surface area (Å²) >= 11 is 0. The van der Waals surface area contributed by atoms with E-state index in [2.05, 4.69) is 16.1 Å². The highest BCUT2D eigenvalue weighted by molar-refractivity contribution is 6.07. The largest absolute Gasteiger partial charge is 0.386 e. The van der Waals surface area contributed by atoms with Crippen LogP contribution in [0, 0.1) is 11.3 Å². The molecule has 1 saturated heterocycles. The normalized spacial score (nSPS) is 21.9. The van der Waals surface area contributed by atoms with Gasteiger partial charge in [-0.1, -0.05) is 6.07 Å². The first kappa shape index (κ1) is 15.5. The maximum atomic E-state index is 11.6. The number of aliphatic hydroxyl groups is 1. The maximum absolute atomic E-state index is 11.6. The van der Waals surface area contributed by atoms with Crippen molar-refractivity contribution in [2.24, 2.45) is 5.10 Å². The number of nitriles is 1. The van der Waals surface area contributed by atoms with Gasteiger partial charge >= 0.3 is 0 Å². The molecule has 3 rings (SSSR count). The van der Waals surface area contributed by atoms with Crippen LogP contribution in [0.5, 0.6) is 0 Å². The van der Waals surface area contributed by atoms with Crippen molar-refractivity contribution in [2.75, 3.05) is 38.3 Å². The molecule has 1 amide bonds. The van der Waals surface area contributed by atoms with Gasteiger partial charge in [0, 0.05) is 25.7 Å². The van der Waals surface area contributed by atoms with E-state index in [1.54, 1.807) is 13.1 Å². The van der Waals surface area contributed by atoms with Gasteiger partial charge in [0.2, 0.25) is 5.91 Å². The number of hydrogen-bond acceptors (Lipinski definition) is 6. The summed E-state index contributed by atoms with van der Waals surface area (Å²) in [4.78, 5) is 13.7. The van der Waals surface area contributed by atoms with Crippen molar-refractivity contribution in [3.8, 4) is 6.07 Å². The number of benzene rings is 1. The Morgan fingerprint density at radius 1 is 1.39 bits per heavy atom. The minimum atomic E-state index is -0.945. The lowest BCUT2D eigenvalue weighted by molar-refractivity contribution is -0.132. The topological polar surface area (TPSA) is 89.2 Å². The number of rotatable bonds is 2. The smallest absolute Gasteiger partial charge is 0.245 e. The van der Waals surface area contributed by atoms with Crippen LogP contribution >= 0.6 is 0 Å². The highest BCUT2D eigenvalue weighted by Gasteiger charge is 2.27. The molecule has 0 spiro atoms. The molecule has 0 radical (unpaired) electrons. The van der Waals surface area contributed by atoms with E-state index < -0.39 is 6.10 Å². The minimum absolute atomic E-state index is 0.00242. The predicted molar refractivity (Wildman–Crippen MR) is 84.1 cm³/mol. The highest BCUT2D eigenvalue weighted by Crippen LogP contribution is 2.24. The molecule has 1 atom stereocenters. The molecule has 0 aromatic heterocycles. The molecule has 2 heterocycles. The third-order valence-corrected chi connectivity index (χ3v) is 4.07. The van der Waals surface area contributed by atoms with E-state index in [0.29, 0.717) is 30.1 Å². The zero-order valence-electron chi connectivity index (χ0n) is 12.9. The monoisotopic (exact) mass is 314 g/mol. The number of hydrazone groups is 1. The summed E-state index contributed by atoms with van der Waals surface area (Å²) in [7, 11) is 1.56. The van der Waals surface area contributed by atoms with Gasteiger partial charge < -0.3 is 14.7 Å². The molecule has 0 saturated carbocycles. The Hall–Kier alpha value is -2.43. The number of ether oxygens (including phenoxy) is 1. The average Bonchev–Trinajstić information content (AvgIpc) is 2.58. The van der Waals surface area contributed by atoms with Crippen LogP contribution in [0.25, 0.3) is 0 Å². The molecule has 7 nitrogen and oxygen atoms in total.